The first-order chi connectivity index (χ1) is 6.36. The molecule has 1 aliphatic heterocycles. The molecule has 0 amide bonds. The molecule has 0 radical (unpaired) electrons. The lowest BCUT2D eigenvalue weighted by atomic mass is 10.1. The number of hydrogen-bond acceptors (Lipinski definition) is 3. The van der Waals surface area contributed by atoms with Gasteiger partial charge in [0.25, 0.3) is 0 Å². The second-order valence-corrected chi connectivity index (χ2v) is 4.10. The first kappa shape index (κ1) is 9.44. The van der Waals surface area contributed by atoms with Crippen LogP contribution >= 0.6 is 0 Å². The Labute approximate surface area is 79.0 Å². The Hall–Kier alpha value is -0.120. The van der Waals surface area contributed by atoms with E-state index >= 15 is 0 Å². The maximum absolute atomic E-state index is 9.51. The van der Waals surface area contributed by atoms with Crippen LogP contribution in [0.15, 0.2) is 0 Å². The molecule has 1 saturated carbocycles. The van der Waals surface area contributed by atoms with Crippen LogP contribution in [0.5, 0.6) is 0 Å². The zero-order valence-electron chi connectivity index (χ0n) is 7.95. The Kier molecular flexibility index (Phi) is 3.19. The summed E-state index contributed by atoms with van der Waals surface area (Å²) in [5, 5.41) is 9.51. The molecule has 2 aliphatic rings. The van der Waals surface area contributed by atoms with E-state index < -0.39 is 0 Å². The maximum atomic E-state index is 9.51. The van der Waals surface area contributed by atoms with Gasteiger partial charge in [-0.15, -0.1) is 0 Å². The van der Waals surface area contributed by atoms with E-state index in [9.17, 15) is 5.11 Å². The van der Waals surface area contributed by atoms with Gasteiger partial charge < -0.3 is 14.6 Å². The van der Waals surface area contributed by atoms with Crippen LogP contribution in [-0.4, -0.2) is 37.1 Å². The van der Waals surface area contributed by atoms with Gasteiger partial charge in [0.2, 0.25) is 0 Å². The molecule has 0 aromatic carbocycles. The van der Waals surface area contributed by atoms with E-state index in [1.54, 1.807) is 0 Å². The van der Waals surface area contributed by atoms with Gasteiger partial charge in [0.1, 0.15) is 0 Å². The molecule has 0 aromatic heterocycles. The Morgan fingerprint density at radius 3 is 2.85 bits per heavy atom. The van der Waals surface area contributed by atoms with E-state index in [1.807, 2.05) is 0 Å². The molecular weight excluding hydrogens is 168 g/mol. The summed E-state index contributed by atoms with van der Waals surface area (Å²) < 4.78 is 10.9. The van der Waals surface area contributed by atoms with Gasteiger partial charge in [0.15, 0.2) is 0 Å². The second kappa shape index (κ2) is 4.40. The summed E-state index contributed by atoms with van der Waals surface area (Å²) in [6.45, 7) is 2.48. The molecule has 76 valence electrons. The van der Waals surface area contributed by atoms with Gasteiger partial charge >= 0.3 is 0 Å². The standard InChI is InChI=1S/C10H18O3/c11-9-2-1-3-10(9)13-7-8-4-5-12-6-8/h8-11H,1-7H2/t8?,9-,10-/m1/s1. The first-order valence-corrected chi connectivity index (χ1v) is 5.23. The zero-order valence-corrected chi connectivity index (χ0v) is 7.95. The third-order valence-electron chi connectivity index (χ3n) is 2.99. The van der Waals surface area contributed by atoms with Crippen molar-refractivity contribution in [1.82, 2.24) is 0 Å². The highest BCUT2D eigenvalue weighted by Gasteiger charge is 2.27. The van der Waals surface area contributed by atoms with Crippen molar-refractivity contribution in [3.63, 3.8) is 0 Å². The van der Waals surface area contributed by atoms with Gasteiger partial charge in [-0.2, -0.15) is 0 Å². The van der Waals surface area contributed by atoms with Gasteiger partial charge in [0.05, 0.1) is 25.4 Å². The van der Waals surface area contributed by atoms with E-state index in [4.69, 9.17) is 9.47 Å². The predicted molar refractivity (Wildman–Crippen MR) is 48.5 cm³/mol. The molecule has 0 spiro atoms. The Balaban J connectivity index is 1.66. The van der Waals surface area contributed by atoms with Crippen LogP contribution in [-0.2, 0) is 9.47 Å². The Morgan fingerprint density at radius 1 is 1.31 bits per heavy atom. The quantitative estimate of drug-likeness (QED) is 0.713. The summed E-state index contributed by atoms with van der Waals surface area (Å²) in [5.41, 5.74) is 0. The van der Waals surface area contributed by atoms with E-state index in [0.29, 0.717) is 5.92 Å². The zero-order chi connectivity index (χ0) is 9.10. The molecule has 2 rings (SSSR count). The van der Waals surface area contributed by atoms with Crippen molar-refractivity contribution in [2.75, 3.05) is 19.8 Å². The van der Waals surface area contributed by atoms with Crippen LogP contribution in [0, 0.1) is 5.92 Å². The lowest BCUT2D eigenvalue weighted by molar-refractivity contribution is -0.0328. The summed E-state index contributed by atoms with van der Waals surface area (Å²) in [7, 11) is 0. The van der Waals surface area contributed by atoms with Crippen molar-refractivity contribution >= 4 is 0 Å². The Bertz CT molecular complexity index is 154. The van der Waals surface area contributed by atoms with Gasteiger partial charge in [-0.3, -0.25) is 0 Å². The van der Waals surface area contributed by atoms with Crippen molar-refractivity contribution in [2.24, 2.45) is 5.92 Å². The minimum Gasteiger partial charge on any atom is -0.390 e. The molecule has 0 aromatic rings. The van der Waals surface area contributed by atoms with E-state index in [1.165, 1.54) is 0 Å². The number of aliphatic hydroxyl groups excluding tert-OH is 1. The molecule has 1 heterocycles. The summed E-state index contributed by atoms with van der Waals surface area (Å²) in [6, 6.07) is 0. The fourth-order valence-electron chi connectivity index (χ4n) is 2.08. The fourth-order valence-corrected chi connectivity index (χ4v) is 2.08. The fraction of sp³-hybridized carbons (Fsp3) is 1.00. The van der Waals surface area contributed by atoms with Crippen LogP contribution in [0.2, 0.25) is 0 Å². The van der Waals surface area contributed by atoms with Crippen LogP contribution in [0.4, 0.5) is 0 Å². The van der Waals surface area contributed by atoms with E-state index in [-0.39, 0.29) is 12.2 Å². The molecule has 2 fully saturated rings. The van der Waals surface area contributed by atoms with Gasteiger partial charge in [-0.05, 0) is 25.7 Å². The molecule has 1 N–H and O–H groups in total. The van der Waals surface area contributed by atoms with Crippen molar-refractivity contribution < 1.29 is 14.6 Å². The van der Waals surface area contributed by atoms with Gasteiger partial charge in [-0.25, -0.2) is 0 Å². The molecule has 1 saturated heterocycles. The highest BCUT2D eigenvalue weighted by atomic mass is 16.5. The molecule has 0 bridgehead atoms. The van der Waals surface area contributed by atoms with Crippen LogP contribution in [0.25, 0.3) is 0 Å². The van der Waals surface area contributed by atoms with E-state index in [2.05, 4.69) is 0 Å². The summed E-state index contributed by atoms with van der Waals surface area (Å²) >= 11 is 0. The second-order valence-electron chi connectivity index (χ2n) is 4.10. The van der Waals surface area contributed by atoms with E-state index in [0.717, 1.165) is 45.5 Å². The number of ether oxygens (including phenoxy) is 2. The lowest BCUT2D eigenvalue weighted by Gasteiger charge is -2.17. The monoisotopic (exact) mass is 186 g/mol. The summed E-state index contributed by atoms with van der Waals surface area (Å²) in [6.07, 6.45) is 4.03. The van der Waals surface area contributed by atoms with Crippen molar-refractivity contribution in [1.29, 1.82) is 0 Å². The van der Waals surface area contributed by atoms with Crippen molar-refractivity contribution in [2.45, 2.75) is 37.9 Å². The molecule has 3 heteroatoms. The molecular formula is C10H18O3. The van der Waals surface area contributed by atoms with Gasteiger partial charge in [0, 0.05) is 12.5 Å². The largest absolute Gasteiger partial charge is 0.390 e. The van der Waals surface area contributed by atoms with Crippen LogP contribution in [0.3, 0.4) is 0 Å². The number of rotatable bonds is 3. The molecule has 1 aliphatic carbocycles. The maximum Gasteiger partial charge on any atom is 0.0834 e. The summed E-state index contributed by atoms with van der Waals surface area (Å²) in [4.78, 5) is 0. The average molecular weight is 186 g/mol. The SMILES string of the molecule is O[C@@H]1CCC[C@H]1OCC1CCOC1. The lowest BCUT2D eigenvalue weighted by Crippen LogP contribution is -2.25. The average Bonchev–Trinajstić information content (AvgIpc) is 2.72. The van der Waals surface area contributed by atoms with Gasteiger partial charge in [-0.1, -0.05) is 0 Å². The molecule has 13 heavy (non-hydrogen) atoms. The highest BCUT2D eigenvalue weighted by molar-refractivity contribution is 4.77. The molecule has 1 unspecified atom stereocenters. The number of hydrogen-bond donors (Lipinski definition) is 1. The normalized spacial score (nSPS) is 39.9. The van der Waals surface area contributed by atoms with Crippen molar-refractivity contribution in [3.8, 4) is 0 Å². The predicted octanol–water partition coefficient (Wildman–Crippen LogP) is 0.953. The first-order valence-electron chi connectivity index (χ1n) is 5.23. The highest BCUT2D eigenvalue weighted by Crippen LogP contribution is 2.23. The third kappa shape index (κ3) is 2.42. The Morgan fingerprint density at radius 2 is 2.23 bits per heavy atom. The topological polar surface area (TPSA) is 38.7 Å². The van der Waals surface area contributed by atoms with Crippen LogP contribution in [0.1, 0.15) is 25.7 Å². The molecule has 3 atom stereocenters. The minimum absolute atomic E-state index is 0.0978. The third-order valence-corrected chi connectivity index (χ3v) is 2.99. The minimum atomic E-state index is -0.220. The smallest absolute Gasteiger partial charge is 0.0834 e. The molecule has 3 nitrogen and oxygen atoms in total. The van der Waals surface area contributed by atoms with Crippen molar-refractivity contribution in [3.05, 3.63) is 0 Å². The summed E-state index contributed by atoms with van der Waals surface area (Å²) in [5.74, 6) is 0.563. The number of aliphatic hydroxyl groups is 1. The van der Waals surface area contributed by atoms with Crippen LogP contribution < -0.4 is 0 Å².